The predicted octanol–water partition coefficient (Wildman–Crippen LogP) is 2.82. The Morgan fingerprint density at radius 1 is 1.20 bits per heavy atom. The Hall–Kier alpha value is -0.120. The number of rotatable bonds is 8. The molecule has 3 heteroatoms. The molecule has 1 fully saturated rings. The molecule has 1 rings (SSSR count). The molecular formula is C17H37N3. The van der Waals surface area contributed by atoms with Gasteiger partial charge in [-0.25, -0.2) is 0 Å². The monoisotopic (exact) mass is 283 g/mol. The van der Waals surface area contributed by atoms with Crippen LogP contribution in [0.4, 0.5) is 0 Å². The molecular weight excluding hydrogens is 246 g/mol. The van der Waals surface area contributed by atoms with Gasteiger partial charge in [-0.05, 0) is 71.8 Å². The Morgan fingerprint density at radius 3 is 2.55 bits per heavy atom. The summed E-state index contributed by atoms with van der Waals surface area (Å²) in [4.78, 5) is 5.02. The normalized spacial score (nSPS) is 23.2. The molecule has 0 amide bonds. The number of hydrogen-bond acceptors (Lipinski definition) is 3. The smallest absolute Gasteiger partial charge is 0.0217 e. The first-order valence-corrected chi connectivity index (χ1v) is 8.65. The van der Waals surface area contributed by atoms with Crippen molar-refractivity contribution in [1.82, 2.24) is 15.1 Å². The molecule has 1 aliphatic rings. The Bertz CT molecular complexity index is 240. The lowest BCUT2D eigenvalue weighted by atomic mass is 10.0. The van der Waals surface area contributed by atoms with Crippen molar-refractivity contribution in [2.24, 2.45) is 5.92 Å². The third kappa shape index (κ3) is 7.05. The highest BCUT2D eigenvalue weighted by Gasteiger charge is 2.19. The summed E-state index contributed by atoms with van der Waals surface area (Å²) in [5.41, 5.74) is 0. The molecule has 0 bridgehead atoms. The van der Waals surface area contributed by atoms with Crippen molar-refractivity contribution < 1.29 is 0 Å². The Balaban J connectivity index is 2.32. The highest BCUT2D eigenvalue weighted by Crippen LogP contribution is 2.13. The van der Waals surface area contributed by atoms with Gasteiger partial charge in [0.05, 0.1) is 0 Å². The predicted molar refractivity (Wildman–Crippen MR) is 89.3 cm³/mol. The van der Waals surface area contributed by atoms with Gasteiger partial charge in [-0.2, -0.15) is 0 Å². The molecule has 1 N–H and O–H groups in total. The fourth-order valence-electron chi connectivity index (χ4n) is 3.22. The van der Waals surface area contributed by atoms with E-state index < -0.39 is 0 Å². The maximum absolute atomic E-state index is 3.84. The van der Waals surface area contributed by atoms with E-state index in [1.807, 2.05) is 0 Å². The minimum Gasteiger partial charge on any atom is -0.312 e. The zero-order chi connectivity index (χ0) is 15.0. The third-order valence-electron chi connectivity index (χ3n) is 4.48. The topological polar surface area (TPSA) is 18.5 Å². The Morgan fingerprint density at radius 2 is 1.95 bits per heavy atom. The lowest BCUT2D eigenvalue weighted by Crippen LogP contribution is -2.43. The fourth-order valence-corrected chi connectivity index (χ4v) is 3.22. The lowest BCUT2D eigenvalue weighted by molar-refractivity contribution is 0.236. The molecule has 2 atom stereocenters. The first-order valence-electron chi connectivity index (χ1n) is 8.65. The Kier molecular flexibility index (Phi) is 8.74. The molecule has 3 nitrogen and oxygen atoms in total. The molecule has 0 saturated carbocycles. The van der Waals surface area contributed by atoms with E-state index in [-0.39, 0.29) is 0 Å². The molecule has 20 heavy (non-hydrogen) atoms. The van der Waals surface area contributed by atoms with Crippen LogP contribution in [0.2, 0.25) is 0 Å². The molecule has 0 aromatic rings. The van der Waals surface area contributed by atoms with Crippen LogP contribution in [0.15, 0.2) is 0 Å². The summed E-state index contributed by atoms with van der Waals surface area (Å²) >= 11 is 0. The van der Waals surface area contributed by atoms with Crippen LogP contribution in [0.3, 0.4) is 0 Å². The van der Waals surface area contributed by atoms with Crippen LogP contribution in [-0.2, 0) is 0 Å². The SMILES string of the molecule is CCCN1CCCC(NCC(CC(C)C)N(C)C)CC1. The average molecular weight is 284 g/mol. The van der Waals surface area contributed by atoms with Gasteiger partial charge in [-0.15, -0.1) is 0 Å². The van der Waals surface area contributed by atoms with Gasteiger partial charge in [0.25, 0.3) is 0 Å². The molecule has 0 aromatic heterocycles. The van der Waals surface area contributed by atoms with Gasteiger partial charge in [0.1, 0.15) is 0 Å². The summed E-state index contributed by atoms with van der Waals surface area (Å²) in [6.45, 7) is 11.9. The van der Waals surface area contributed by atoms with E-state index in [2.05, 4.69) is 50.0 Å². The lowest BCUT2D eigenvalue weighted by Gasteiger charge is -2.28. The number of likely N-dealkylation sites (tertiary alicyclic amines) is 1. The van der Waals surface area contributed by atoms with Gasteiger partial charge in [-0.3, -0.25) is 0 Å². The van der Waals surface area contributed by atoms with Gasteiger partial charge in [0, 0.05) is 18.6 Å². The molecule has 1 heterocycles. The zero-order valence-electron chi connectivity index (χ0n) is 14.5. The molecule has 0 spiro atoms. The van der Waals surface area contributed by atoms with E-state index in [4.69, 9.17) is 0 Å². The molecule has 0 radical (unpaired) electrons. The molecule has 120 valence electrons. The first kappa shape index (κ1) is 17.9. The standard InChI is InChI=1S/C17H37N3/c1-6-10-20-11-7-8-16(9-12-20)18-14-17(19(4)5)13-15(2)3/h15-18H,6-14H2,1-5H3. The van der Waals surface area contributed by atoms with Gasteiger partial charge in [-0.1, -0.05) is 20.8 Å². The second kappa shape index (κ2) is 9.75. The highest BCUT2D eigenvalue weighted by molar-refractivity contribution is 4.78. The number of nitrogens with zero attached hydrogens (tertiary/aromatic N) is 2. The van der Waals surface area contributed by atoms with Crippen molar-refractivity contribution in [3.05, 3.63) is 0 Å². The van der Waals surface area contributed by atoms with Crippen LogP contribution in [0.1, 0.15) is 52.9 Å². The van der Waals surface area contributed by atoms with Crippen molar-refractivity contribution >= 4 is 0 Å². The minimum atomic E-state index is 0.671. The van der Waals surface area contributed by atoms with Crippen LogP contribution >= 0.6 is 0 Å². The third-order valence-corrected chi connectivity index (χ3v) is 4.48. The van der Waals surface area contributed by atoms with E-state index in [0.717, 1.165) is 18.5 Å². The summed E-state index contributed by atoms with van der Waals surface area (Å²) in [6, 6.07) is 1.40. The van der Waals surface area contributed by atoms with Crippen molar-refractivity contribution in [1.29, 1.82) is 0 Å². The van der Waals surface area contributed by atoms with Crippen LogP contribution in [-0.4, -0.2) is 62.2 Å². The highest BCUT2D eigenvalue weighted by atomic mass is 15.1. The van der Waals surface area contributed by atoms with Crippen LogP contribution in [0.25, 0.3) is 0 Å². The van der Waals surface area contributed by atoms with Crippen molar-refractivity contribution in [3.63, 3.8) is 0 Å². The maximum Gasteiger partial charge on any atom is 0.0217 e. The number of hydrogen-bond donors (Lipinski definition) is 1. The molecule has 1 aliphatic heterocycles. The van der Waals surface area contributed by atoms with Crippen molar-refractivity contribution in [2.75, 3.05) is 40.3 Å². The summed E-state index contributed by atoms with van der Waals surface area (Å²) in [5.74, 6) is 0.776. The molecule has 0 aromatic carbocycles. The van der Waals surface area contributed by atoms with Crippen LogP contribution in [0, 0.1) is 5.92 Å². The van der Waals surface area contributed by atoms with Gasteiger partial charge >= 0.3 is 0 Å². The van der Waals surface area contributed by atoms with E-state index in [0.29, 0.717) is 6.04 Å². The summed E-state index contributed by atoms with van der Waals surface area (Å²) in [6.07, 6.45) is 6.60. The number of nitrogens with one attached hydrogen (secondary N) is 1. The summed E-state index contributed by atoms with van der Waals surface area (Å²) in [5, 5.41) is 3.84. The first-order chi connectivity index (χ1) is 9.52. The van der Waals surface area contributed by atoms with E-state index in [1.54, 1.807) is 0 Å². The van der Waals surface area contributed by atoms with Crippen LogP contribution in [0.5, 0.6) is 0 Å². The second-order valence-corrected chi connectivity index (χ2v) is 7.12. The summed E-state index contributed by atoms with van der Waals surface area (Å²) in [7, 11) is 4.43. The molecule has 1 saturated heterocycles. The van der Waals surface area contributed by atoms with E-state index in [1.165, 1.54) is 51.7 Å². The molecule has 0 aliphatic carbocycles. The van der Waals surface area contributed by atoms with E-state index >= 15 is 0 Å². The van der Waals surface area contributed by atoms with Crippen molar-refractivity contribution in [3.8, 4) is 0 Å². The summed E-state index contributed by atoms with van der Waals surface area (Å²) < 4.78 is 0. The quantitative estimate of drug-likeness (QED) is 0.739. The fraction of sp³-hybridized carbons (Fsp3) is 1.00. The maximum atomic E-state index is 3.84. The Labute approximate surface area is 127 Å². The van der Waals surface area contributed by atoms with Gasteiger partial charge in [0.2, 0.25) is 0 Å². The molecule has 2 unspecified atom stereocenters. The van der Waals surface area contributed by atoms with Gasteiger partial charge in [0.15, 0.2) is 0 Å². The average Bonchev–Trinajstić information content (AvgIpc) is 2.60. The van der Waals surface area contributed by atoms with E-state index in [9.17, 15) is 0 Å². The van der Waals surface area contributed by atoms with Crippen LogP contribution < -0.4 is 5.32 Å². The zero-order valence-corrected chi connectivity index (χ0v) is 14.5. The number of likely N-dealkylation sites (N-methyl/N-ethyl adjacent to an activating group) is 1. The largest absolute Gasteiger partial charge is 0.312 e. The van der Waals surface area contributed by atoms with Gasteiger partial charge < -0.3 is 15.1 Å². The second-order valence-electron chi connectivity index (χ2n) is 7.12. The minimum absolute atomic E-state index is 0.671. The van der Waals surface area contributed by atoms with Crippen molar-refractivity contribution in [2.45, 2.75) is 65.0 Å².